The van der Waals surface area contributed by atoms with Crippen LogP contribution in [0.4, 0.5) is 0 Å². The van der Waals surface area contributed by atoms with E-state index >= 15 is 0 Å². The standard InChI is InChI=1S/C16H24N2O/c1-14(17-13-15-8-4-2-5-9-15)12-16(19)18-10-6-3-7-11-18/h4,8-9,12,17H,2-3,5-7,10-11,13H2,1H3/b14-12-. The van der Waals surface area contributed by atoms with E-state index in [-0.39, 0.29) is 5.91 Å². The fraction of sp³-hybridized carbons (Fsp3) is 0.562. The molecule has 104 valence electrons. The van der Waals surface area contributed by atoms with Crippen molar-refractivity contribution in [3.05, 3.63) is 35.6 Å². The predicted octanol–water partition coefficient (Wildman–Crippen LogP) is 2.77. The van der Waals surface area contributed by atoms with E-state index in [1.54, 1.807) is 6.08 Å². The summed E-state index contributed by atoms with van der Waals surface area (Å²) in [5.74, 6) is 0.151. The Bertz CT molecular complexity index is 401. The summed E-state index contributed by atoms with van der Waals surface area (Å²) in [6.07, 6.45) is 14.2. The molecule has 2 aliphatic rings. The number of amides is 1. The van der Waals surface area contributed by atoms with Gasteiger partial charge in [-0.2, -0.15) is 0 Å². The Morgan fingerprint density at radius 3 is 2.79 bits per heavy atom. The molecule has 1 fully saturated rings. The zero-order valence-electron chi connectivity index (χ0n) is 11.8. The van der Waals surface area contributed by atoms with Gasteiger partial charge in [0.2, 0.25) is 5.91 Å². The number of likely N-dealkylation sites (tertiary alicyclic amines) is 1. The fourth-order valence-electron chi connectivity index (χ4n) is 2.48. The second-order valence-electron chi connectivity index (χ2n) is 5.33. The third-order valence-electron chi connectivity index (χ3n) is 3.65. The van der Waals surface area contributed by atoms with Gasteiger partial charge in [0.1, 0.15) is 0 Å². The highest BCUT2D eigenvalue weighted by Crippen LogP contribution is 2.10. The molecule has 1 aliphatic carbocycles. The second kappa shape index (κ2) is 7.17. The van der Waals surface area contributed by atoms with E-state index in [1.807, 2.05) is 11.8 Å². The van der Waals surface area contributed by atoms with Crippen LogP contribution in [-0.4, -0.2) is 30.4 Å². The zero-order chi connectivity index (χ0) is 13.5. The van der Waals surface area contributed by atoms with Crippen LogP contribution in [0, 0.1) is 0 Å². The van der Waals surface area contributed by atoms with E-state index in [2.05, 4.69) is 23.5 Å². The summed E-state index contributed by atoms with van der Waals surface area (Å²) in [5.41, 5.74) is 2.26. The molecule has 3 nitrogen and oxygen atoms in total. The van der Waals surface area contributed by atoms with Crippen molar-refractivity contribution in [3.63, 3.8) is 0 Å². The van der Waals surface area contributed by atoms with Gasteiger partial charge in [0.25, 0.3) is 0 Å². The van der Waals surface area contributed by atoms with Gasteiger partial charge in [0, 0.05) is 31.4 Å². The molecule has 0 aromatic carbocycles. The SMILES string of the molecule is C/C(=C/C(=O)N1CCCCC1)NCC1=CCCC=C1. The summed E-state index contributed by atoms with van der Waals surface area (Å²) < 4.78 is 0. The van der Waals surface area contributed by atoms with Crippen LogP contribution < -0.4 is 5.32 Å². The van der Waals surface area contributed by atoms with Crippen molar-refractivity contribution < 1.29 is 4.79 Å². The molecule has 0 aromatic heterocycles. The van der Waals surface area contributed by atoms with Crippen LogP contribution in [0.5, 0.6) is 0 Å². The molecule has 3 heteroatoms. The minimum absolute atomic E-state index is 0.151. The lowest BCUT2D eigenvalue weighted by Crippen LogP contribution is -2.35. The molecule has 1 amide bonds. The molecular weight excluding hydrogens is 236 g/mol. The third-order valence-corrected chi connectivity index (χ3v) is 3.65. The van der Waals surface area contributed by atoms with Crippen molar-refractivity contribution in [2.75, 3.05) is 19.6 Å². The van der Waals surface area contributed by atoms with E-state index in [4.69, 9.17) is 0 Å². The first-order valence-corrected chi connectivity index (χ1v) is 7.32. The molecule has 1 saturated heterocycles. The lowest BCUT2D eigenvalue weighted by molar-refractivity contribution is -0.126. The molecule has 1 N–H and O–H groups in total. The van der Waals surface area contributed by atoms with Gasteiger partial charge in [0.05, 0.1) is 0 Å². The fourth-order valence-corrected chi connectivity index (χ4v) is 2.48. The minimum Gasteiger partial charge on any atom is -0.384 e. The largest absolute Gasteiger partial charge is 0.384 e. The normalized spacial score (nSPS) is 20.2. The van der Waals surface area contributed by atoms with Crippen LogP contribution in [0.3, 0.4) is 0 Å². The van der Waals surface area contributed by atoms with Crippen LogP contribution in [0.1, 0.15) is 39.0 Å². The van der Waals surface area contributed by atoms with Crippen molar-refractivity contribution in [3.8, 4) is 0 Å². The van der Waals surface area contributed by atoms with E-state index < -0.39 is 0 Å². The van der Waals surface area contributed by atoms with Gasteiger partial charge in [-0.15, -0.1) is 0 Å². The summed E-state index contributed by atoms with van der Waals surface area (Å²) in [4.78, 5) is 14.0. The topological polar surface area (TPSA) is 32.3 Å². The van der Waals surface area contributed by atoms with Crippen LogP contribution >= 0.6 is 0 Å². The highest BCUT2D eigenvalue weighted by Gasteiger charge is 2.14. The summed E-state index contributed by atoms with van der Waals surface area (Å²) in [7, 11) is 0. The van der Waals surface area contributed by atoms with E-state index in [1.165, 1.54) is 12.0 Å². The van der Waals surface area contributed by atoms with E-state index in [0.29, 0.717) is 0 Å². The van der Waals surface area contributed by atoms with E-state index in [0.717, 1.165) is 51.0 Å². The number of piperidine rings is 1. The van der Waals surface area contributed by atoms with Gasteiger partial charge in [-0.25, -0.2) is 0 Å². The van der Waals surface area contributed by atoms with Crippen LogP contribution in [-0.2, 0) is 4.79 Å². The van der Waals surface area contributed by atoms with Crippen LogP contribution in [0.15, 0.2) is 35.6 Å². The highest BCUT2D eigenvalue weighted by atomic mass is 16.2. The molecule has 0 spiro atoms. The first-order valence-electron chi connectivity index (χ1n) is 7.32. The van der Waals surface area contributed by atoms with Crippen molar-refractivity contribution >= 4 is 5.91 Å². The van der Waals surface area contributed by atoms with Gasteiger partial charge in [-0.05, 0) is 44.6 Å². The summed E-state index contributed by atoms with van der Waals surface area (Å²) in [6.45, 7) is 4.61. The smallest absolute Gasteiger partial charge is 0.248 e. The molecule has 0 bridgehead atoms. The molecular formula is C16H24N2O. The van der Waals surface area contributed by atoms with Crippen molar-refractivity contribution in [1.29, 1.82) is 0 Å². The number of hydrogen-bond acceptors (Lipinski definition) is 2. The Balaban J connectivity index is 1.79. The maximum atomic E-state index is 12.0. The number of nitrogens with one attached hydrogen (secondary N) is 1. The van der Waals surface area contributed by atoms with Gasteiger partial charge in [-0.3, -0.25) is 4.79 Å². The lowest BCUT2D eigenvalue weighted by atomic mass is 10.1. The number of carbonyl (C=O) groups is 1. The van der Waals surface area contributed by atoms with Gasteiger partial charge in [0.15, 0.2) is 0 Å². The summed E-state index contributed by atoms with van der Waals surface area (Å²) >= 11 is 0. The van der Waals surface area contributed by atoms with Gasteiger partial charge < -0.3 is 10.2 Å². The third kappa shape index (κ3) is 4.58. The van der Waals surface area contributed by atoms with Crippen LogP contribution in [0.2, 0.25) is 0 Å². The Hall–Kier alpha value is -1.51. The molecule has 0 saturated carbocycles. The minimum atomic E-state index is 0.151. The maximum absolute atomic E-state index is 12.0. The summed E-state index contributed by atoms with van der Waals surface area (Å²) in [6, 6.07) is 0. The Morgan fingerprint density at radius 2 is 2.11 bits per heavy atom. The number of rotatable bonds is 4. The van der Waals surface area contributed by atoms with Crippen LogP contribution in [0.25, 0.3) is 0 Å². The first-order chi connectivity index (χ1) is 9.25. The molecule has 2 rings (SSSR count). The molecule has 1 heterocycles. The number of nitrogens with zero attached hydrogens (tertiary/aromatic N) is 1. The predicted molar refractivity (Wildman–Crippen MR) is 78.6 cm³/mol. The molecule has 0 aromatic rings. The Labute approximate surface area is 116 Å². The van der Waals surface area contributed by atoms with Crippen molar-refractivity contribution in [2.24, 2.45) is 0 Å². The number of hydrogen-bond donors (Lipinski definition) is 1. The molecule has 0 unspecified atom stereocenters. The first kappa shape index (κ1) is 13.9. The molecule has 0 atom stereocenters. The zero-order valence-corrected chi connectivity index (χ0v) is 11.8. The molecule has 1 aliphatic heterocycles. The van der Waals surface area contributed by atoms with Gasteiger partial charge >= 0.3 is 0 Å². The van der Waals surface area contributed by atoms with Crippen molar-refractivity contribution in [2.45, 2.75) is 39.0 Å². The quantitative estimate of drug-likeness (QED) is 0.788. The monoisotopic (exact) mass is 260 g/mol. The Morgan fingerprint density at radius 1 is 1.32 bits per heavy atom. The average Bonchev–Trinajstić information content (AvgIpc) is 2.47. The molecule has 0 radical (unpaired) electrons. The van der Waals surface area contributed by atoms with Crippen molar-refractivity contribution in [1.82, 2.24) is 10.2 Å². The molecule has 19 heavy (non-hydrogen) atoms. The second-order valence-corrected chi connectivity index (χ2v) is 5.33. The van der Waals surface area contributed by atoms with Gasteiger partial charge in [-0.1, -0.05) is 18.2 Å². The Kier molecular flexibility index (Phi) is 5.25. The number of carbonyl (C=O) groups excluding carboxylic acids is 1. The number of allylic oxidation sites excluding steroid dienone is 3. The van der Waals surface area contributed by atoms with E-state index in [9.17, 15) is 4.79 Å². The highest BCUT2D eigenvalue weighted by molar-refractivity contribution is 5.88. The maximum Gasteiger partial charge on any atom is 0.248 e. The lowest BCUT2D eigenvalue weighted by Gasteiger charge is -2.25. The summed E-state index contributed by atoms with van der Waals surface area (Å²) in [5, 5.41) is 3.32. The average molecular weight is 260 g/mol.